The van der Waals surface area contributed by atoms with Crippen molar-refractivity contribution in [2.24, 2.45) is 11.3 Å². The van der Waals surface area contributed by atoms with E-state index in [4.69, 9.17) is 18.9 Å². The third-order valence-electron chi connectivity index (χ3n) is 11.6. The lowest BCUT2D eigenvalue weighted by Crippen LogP contribution is -2.73. The van der Waals surface area contributed by atoms with Gasteiger partial charge in [0.2, 0.25) is 0 Å². The first-order valence-electron chi connectivity index (χ1n) is 14.3. The largest absolute Gasteiger partial charge is 0.486 e. The van der Waals surface area contributed by atoms with Gasteiger partial charge in [-0.15, -0.1) is 0 Å². The maximum atomic E-state index is 13.0. The number of epoxide rings is 1. The monoisotopic (exact) mass is 517 g/mol. The molecule has 6 heteroatoms. The van der Waals surface area contributed by atoms with E-state index in [1.54, 1.807) is 0 Å². The fraction of sp³-hybridized carbons (Fsp3) is 0.625. The molecule has 6 nitrogen and oxygen atoms in total. The van der Waals surface area contributed by atoms with Gasteiger partial charge in [-0.05, 0) is 83.1 Å². The van der Waals surface area contributed by atoms with Gasteiger partial charge < -0.3 is 29.0 Å². The van der Waals surface area contributed by atoms with E-state index < -0.39 is 28.5 Å². The Morgan fingerprint density at radius 2 is 1.87 bits per heavy atom. The molecule has 4 heterocycles. The number of H-pyrrole nitrogens is 1. The molecule has 1 saturated carbocycles. The third kappa shape index (κ3) is 2.47. The van der Waals surface area contributed by atoms with Crippen molar-refractivity contribution in [1.29, 1.82) is 0 Å². The summed E-state index contributed by atoms with van der Waals surface area (Å²) in [6, 6.07) is 8.63. The van der Waals surface area contributed by atoms with Crippen molar-refractivity contribution < 1.29 is 24.1 Å². The average molecular weight is 518 g/mol. The van der Waals surface area contributed by atoms with E-state index in [-0.39, 0.29) is 23.7 Å². The van der Waals surface area contributed by atoms with Crippen LogP contribution in [0.2, 0.25) is 0 Å². The van der Waals surface area contributed by atoms with Gasteiger partial charge >= 0.3 is 0 Å². The van der Waals surface area contributed by atoms with Crippen molar-refractivity contribution in [3.8, 4) is 0 Å². The molecule has 0 amide bonds. The number of aromatic nitrogens is 1. The molecule has 0 radical (unpaired) electrons. The zero-order valence-corrected chi connectivity index (χ0v) is 23.3. The predicted octanol–water partition coefficient (Wildman–Crippen LogP) is 5.44. The van der Waals surface area contributed by atoms with E-state index in [2.05, 4.69) is 63.0 Å². The number of aromatic amines is 1. The molecular formula is C32H39NO5. The molecule has 3 aliphatic carbocycles. The van der Waals surface area contributed by atoms with Crippen molar-refractivity contribution in [3.63, 3.8) is 0 Å². The molecule has 1 spiro atoms. The van der Waals surface area contributed by atoms with Gasteiger partial charge in [0.05, 0.1) is 0 Å². The van der Waals surface area contributed by atoms with Crippen LogP contribution in [0.5, 0.6) is 0 Å². The second-order valence-corrected chi connectivity index (χ2v) is 13.9. The van der Waals surface area contributed by atoms with Crippen molar-refractivity contribution in [2.45, 2.75) is 114 Å². The summed E-state index contributed by atoms with van der Waals surface area (Å²) in [4.78, 5) is 3.82. The van der Waals surface area contributed by atoms with E-state index in [9.17, 15) is 5.11 Å². The summed E-state index contributed by atoms with van der Waals surface area (Å²) in [5.41, 5.74) is 1.87. The molecule has 202 valence electrons. The quantitative estimate of drug-likeness (QED) is 0.389. The molecule has 1 aromatic carbocycles. The lowest BCUT2D eigenvalue weighted by molar-refractivity contribution is -0.314. The molecule has 38 heavy (non-hydrogen) atoms. The highest BCUT2D eigenvalue weighted by molar-refractivity contribution is 5.86. The number of benzene rings is 1. The minimum Gasteiger partial charge on any atom is -0.486 e. The van der Waals surface area contributed by atoms with Gasteiger partial charge in [0, 0.05) is 27.4 Å². The van der Waals surface area contributed by atoms with Crippen LogP contribution < -0.4 is 0 Å². The summed E-state index contributed by atoms with van der Waals surface area (Å²) in [5, 5.41) is 14.4. The standard InChI is InChI=1S/C32H39NO5/c1-17(2)15-23-36-24-26(28(3,4)37-23)35-22-12-13-29(5)30(6)18(11-14-31(29,34)32(22)27(24)38-32)16-20-19-9-7-8-10-21(19)33-25(20)30/h7-10,12,15,18,23-24,26-27,33-34H,11,13-14,16H2,1-6H3/t18-,23-,24+,26-,27+,29+,30+,31-,32?/m0/s1. The van der Waals surface area contributed by atoms with Crippen molar-refractivity contribution >= 4 is 10.9 Å². The molecule has 4 fully saturated rings. The summed E-state index contributed by atoms with van der Waals surface area (Å²) in [7, 11) is 0. The Balaban J connectivity index is 1.25. The van der Waals surface area contributed by atoms with Gasteiger partial charge in [-0.25, -0.2) is 0 Å². The number of nitrogens with one attached hydrogen (secondary N) is 1. The minimum absolute atomic E-state index is 0.223. The van der Waals surface area contributed by atoms with Gasteiger partial charge in [-0.3, -0.25) is 0 Å². The number of aliphatic hydroxyl groups is 1. The van der Waals surface area contributed by atoms with Crippen LogP contribution in [0.25, 0.3) is 10.9 Å². The second-order valence-electron chi connectivity index (χ2n) is 13.9. The van der Waals surface area contributed by atoms with E-state index >= 15 is 0 Å². The van der Waals surface area contributed by atoms with E-state index in [1.165, 1.54) is 22.2 Å². The first kappa shape index (κ1) is 23.7. The Kier molecular flexibility index (Phi) is 4.34. The Hall–Kier alpha value is -2.12. The molecule has 0 bridgehead atoms. The number of allylic oxidation sites excluding steroid dienone is 2. The first-order chi connectivity index (χ1) is 18.0. The van der Waals surface area contributed by atoms with Crippen LogP contribution in [0, 0.1) is 11.3 Å². The van der Waals surface area contributed by atoms with E-state index in [0.29, 0.717) is 12.3 Å². The maximum Gasteiger partial charge on any atom is 0.183 e. The average Bonchev–Trinajstić information content (AvgIpc) is 3.43. The molecular weight excluding hydrogens is 478 g/mol. The molecule has 1 aromatic heterocycles. The van der Waals surface area contributed by atoms with E-state index in [0.717, 1.165) is 30.6 Å². The van der Waals surface area contributed by atoms with Crippen molar-refractivity contribution in [2.75, 3.05) is 0 Å². The van der Waals surface area contributed by atoms with Crippen LogP contribution in [0.1, 0.15) is 72.1 Å². The lowest BCUT2D eigenvalue weighted by atomic mass is 9.42. The van der Waals surface area contributed by atoms with Crippen LogP contribution in [-0.4, -0.2) is 51.5 Å². The fourth-order valence-corrected chi connectivity index (χ4v) is 9.41. The molecule has 8 rings (SSSR count). The third-order valence-corrected chi connectivity index (χ3v) is 11.6. The van der Waals surface area contributed by atoms with Gasteiger partial charge in [0.25, 0.3) is 0 Å². The number of para-hydroxylation sites is 1. The summed E-state index contributed by atoms with van der Waals surface area (Å²) in [6.07, 6.45) is 6.31. The van der Waals surface area contributed by atoms with Gasteiger partial charge in [0.1, 0.15) is 29.2 Å². The highest BCUT2D eigenvalue weighted by atomic mass is 16.8. The summed E-state index contributed by atoms with van der Waals surface area (Å²) < 4.78 is 26.3. The maximum absolute atomic E-state index is 13.0. The zero-order chi connectivity index (χ0) is 26.5. The smallest absolute Gasteiger partial charge is 0.183 e. The Bertz CT molecular complexity index is 1430. The molecule has 3 aliphatic heterocycles. The molecule has 6 aliphatic rings. The SMILES string of the molecule is CC(C)=C[C@H]1O[C@H]2[C@H]3OC34C(=CC[C@]3(C)[C@@]5(C)c6[nH]c7ccccc7c6C[C@@H]5CC[C@@]43O)O[C@@H]2C(C)(C)O1. The van der Waals surface area contributed by atoms with Gasteiger partial charge in [-0.2, -0.15) is 0 Å². The highest BCUT2D eigenvalue weighted by Crippen LogP contribution is 2.75. The van der Waals surface area contributed by atoms with Crippen LogP contribution >= 0.6 is 0 Å². The molecule has 2 N–H and O–H groups in total. The molecule has 3 saturated heterocycles. The summed E-state index contributed by atoms with van der Waals surface area (Å²) in [5.74, 6) is 1.25. The predicted molar refractivity (Wildman–Crippen MR) is 144 cm³/mol. The molecule has 1 unspecified atom stereocenters. The summed E-state index contributed by atoms with van der Waals surface area (Å²) in [6.45, 7) is 12.9. The number of rotatable bonds is 1. The molecule has 2 aromatic rings. The van der Waals surface area contributed by atoms with Crippen molar-refractivity contribution in [1.82, 2.24) is 4.98 Å². The molecule has 9 atom stereocenters. The zero-order valence-electron chi connectivity index (χ0n) is 23.3. The second kappa shape index (κ2) is 6.95. The topological polar surface area (TPSA) is 76.2 Å². The normalized spacial score (nSPS) is 47.3. The summed E-state index contributed by atoms with van der Waals surface area (Å²) >= 11 is 0. The first-order valence-corrected chi connectivity index (χ1v) is 14.3. The van der Waals surface area contributed by atoms with Crippen LogP contribution in [0.4, 0.5) is 0 Å². The van der Waals surface area contributed by atoms with Crippen LogP contribution in [-0.2, 0) is 30.8 Å². The fourth-order valence-electron chi connectivity index (χ4n) is 9.41. The van der Waals surface area contributed by atoms with Crippen LogP contribution in [0.15, 0.2) is 47.7 Å². The van der Waals surface area contributed by atoms with Gasteiger partial charge in [-0.1, -0.05) is 37.6 Å². The number of hydrogen-bond donors (Lipinski definition) is 2. The minimum atomic E-state index is -1.08. The number of hydrogen-bond acceptors (Lipinski definition) is 5. The van der Waals surface area contributed by atoms with Crippen molar-refractivity contribution in [3.05, 3.63) is 59.0 Å². The van der Waals surface area contributed by atoms with Gasteiger partial charge in [0.15, 0.2) is 18.0 Å². The lowest BCUT2D eigenvalue weighted by Gasteiger charge is -2.64. The Labute approximate surface area is 224 Å². The Morgan fingerprint density at radius 3 is 2.66 bits per heavy atom. The highest BCUT2D eigenvalue weighted by Gasteiger charge is 2.86. The van der Waals surface area contributed by atoms with E-state index in [1.807, 2.05) is 19.9 Å². The van der Waals surface area contributed by atoms with Crippen LogP contribution in [0.3, 0.4) is 0 Å². The number of ether oxygens (including phenoxy) is 4. The number of fused-ring (bicyclic) bond motifs is 9. The Morgan fingerprint density at radius 1 is 1.08 bits per heavy atom.